The van der Waals surface area contributed by atoms with Gasteiger partial charge in [0.2, 0.25) is 0 Å². The first-order valence-corrected chi connectivity index (χ1v) is 6.45. The van der Waals surface area contributed by atoms with E-state index < -0.39 is 0 Å². The quantitative estimate of drug-likeness (QED) is 0.762. The van der Waals surface area contributed by atoms with Crippen molar-refractivity contribution in [2.45, 2.75) is 18.8 Å². The number of ether oxygens (including phenoxy) is 1. The lowest BCUT2D eigenvalue weighted by Gasteiger charge is -2.16. The van der Waals surface area contributed by atoms with Crippen LogP contribution in [0.15, 0.2) is 60.7 Å². The van der Waals surface area contributed by atoms with E-state index in [1.165, 1.54) is 18.2 Å². The molecule has 0 fully saturated rings. The van der Waals surface area contributed by atoms with E-state index in [1.807, 2.05) is 36.4 Å². The minimum atomic E-state index is -0.162. The standard InChI is InChI=1S/C17H18O2/c1-19-17(18)13-16(15-10-6-3-7-11-15)12-14-8-4-2-5-9-14/h2-11,16H,12-13H2,1H3. The van der Waals surface area contributed by atoms with Gasteiger partial charge in [-0.05, 0) is 23.5 Å². The van der Waals surface area contributed by atoms with Crippen molar-refractivity contribution >= 4 is 5.97 Å². The van der Waals surface area contributed by atoms with Crippen LogP contribution < -0.4 is 0 Å². The Balaban J connectivity index is 2.17. The van der Waals surface area contributed by atoms with Gasteiger partial charge in [-0.2, -0.15) is 0 Å². The highest BCUT2D eigenvalue weighted by atomic mass is 16.5. The highest BCUT2D eigenvalue weighted by molar-refractivity contribution is 5.70. The lowest BCUT2D eigenvalue weighted by atomic mass is 9.89. The first-order chi connectivity index (χ1) is 9.29. The summed E-state index contributed by atoms with van der Waals surface area (Å²) in [5.74, 6) is 0.000772. The molecule has 0 saturated carbocycles. The first kappa shape index (κ1) is 13.3. The molecule has 0 radical (unpaired) electrons. The highest BCUT2D eigenvalue weighted by Crippen LogP contribution is 2.24. The van der Waals surface area contributed by atoms with Gasteiger partial charge in [0, 0.05) is 0 Å². The number of hydrogen-bond donors (Lipinski definition) is 0. The summed E-state index contributed by atoms with van der Waals surface area (Å²) in [6.45, 7) is 0. The third-order valence-corrected chi connectivity index (χ3v) is 3.24. The van der Waals surface area contributed by atoms with Crippen LogP contribution >= 0.6 is 0 Å². The molecule has 0 N–H and O–H groups in total. The highest BCUT2D eigenvalue weighted by Gasteiger charge is 2.16. The molecule has 2 aromatic carbocycles. The Morgan fingerprint density at radius 1 is 1.00 bits per heavy atom. The first-order valence-electron chi connectivity index (χ1n) is 6.45. The summed E-state index contributed by atoms with van der Waals surface area (Å²) >= 11 is 0. The monoisotopic (exact) mass is 254 g/mol. The summed E-state index contributed by atoms with van der Waals surface area (Å²) in [5.41, 5.74) is 2.41. The third-order valence-electron chi connectivity index (χ3n) is 3.24. The summed E-state index contributed by atoms with van der Waals surface area (Å²) in [5, 5.41) is 0. The van der Waals surface area contributed by atoms with Gasteiger partial charge in [-0.25, -0.2) is 0 Å². The van der Waals surface area contributed by atoms with Crippen LogP contribution in [0.25, 0.3) is 0 Å². The van der Waals surface area contributed by atoms with Crippen LogP contribution in [0.3, 0.4) is 0 Å². The second-order valence-corrected chi connectivity index (χ2v) is 4.58. The van der Waals surface area contributed by atoms with Crippen LogP contribution in [0.1, 0.15) is 23.5 Å². The van der Waals surface area contributed by atoms with Gasteiger partial charge in [-0.1, -0.05) is 60.7 Å². The number of carbonyl (C=O) groups is 1. The van der Waals surface area contributed by atoms with Crippen molar-refractivity contribution in [1.82, 2.24) is 0 Å². The van der Waals surface area contributed by atoms with Crippen LogP contribution in [0, 0.1) is 0 Å². The molecule has 0 heterocycles. The number of carbonyl (C=O) groups excluding carboxylic acids is 1. The average molecular weight is 254 g/mol. The van der Waals surface area contributed by atoms with Crippen molar-refractivity contribution in [3.05, 3.63) is 71.8 Å². The van der Waals surface area contributed by atoms with Gasteiger partial charge in [0.25, 0.3) is 0 Å². The van der Waals surface area contributed by atoms with E-state index in [4.69, 9.17) is 4.74 Å². The number of benzene rings is 2. The molecule has 2 rings (SSSR count). The van der Waals surface area contributed by atoms with Gasteiger partial charge < -0.3 is 4.74 Å². The van der Waals surface area contributed by atoms with Crippen molar-refractivity contribution < 1.29 is 9.53 Å². The predicted octanol–water partition coefficient (Wildman–Crippen LogP) is 3.58. The number of esters is 1. The maximum atomic E-state index is 11.6. The maximum absolute atomic E-state index is 11.6. The normalized spacial score (nSPS) is 11.8. The molecule has 0 spiro atoms. The fraction of sp³-hybridized carbons (Fsp3) is 0.235. The smallest absolute Gasteiger partial charge is 0.306 e. The molecule has 2 nitrogen and oxygen atoms in total. The van der Waals surface area contributed by atoms with E-state index in [9.17, 15) is 4.79 Å². The van der Waals surface area contributed by atoms with Gasteiger partial charge in [0.15, 0.2) is 0 Å². The van der Waals surface area contributed by atoms with Gasteiger partial charge in [0.1, 0.15) is 0 Å². The van der Waals surface area contributed by atoms with Crippen LogP contribution in [0.5, 0.6) is 0 Å². The lowest BCUT2D eigenvalue weighted by molar-refractivity contribution is -0.141. The zero-order valence-electron chi connectivity index (χ0n) is 11.1. The van der Waals surface area contributed by atoms with E-state index in [0.717, 1.165) is 6.42 Å². The molecule has 0 aliphatic heterocycles. The summed E-state index contributed by atoms with van der Waals surface area (Å²) in [4.78, 5) is 11.6. The summed E-state index contributed by atoms with van der Waals surface area (Å²) in [6.07, 6.45) is 1.26. The fourth-order valence-electron chi connectivity index (χ4n) is 2.22. The Kier molecular flexibility index (Phi) is 4.73. The predicted molar refractivity (Wildman–Crippen MR) is 76.0 cm³/mol. The minimum Gasteiger partial charge on any atom is -0.469 e. The van der Waals surface area contributed by atoms with Crippen LogP contribution in [-0.4, -0.2) is 13.1 Å². The van der Waals surface area contributed by atoms with E-state index in [1.54, 1.807) is 0 Å². The Morgan fingerprint density at radius 3 is 2.16 bits per heavy atom. The average Bonchev–Trinajstić information content (AvgIpc) is 2.48. The lowest BCUT2D eigenvalue weighted by Crippen LogP contribution is -2.11. The van der Waals surface area contributed by atoms with Crippen molar-refractivity contribution in [3.8, 4) is 0 Å². The SMILES string of the molecule is COC(=O)CC(Cc1ccccc1)c1ccccc1. The van der Waals surface area contributed by atoms with Crippen molar-refractivity contribution in [2.75, 3.05) is 7.11 Å². The molecule has 1 unspecified atom stereocenters. The summed E-state index contributed by atoms with van der Waals surface area (Å²) in [6, 6.07) is 20.4. The Labute approximate surface area is 114 Å². The van der Waals surface area contributed by atoms with E-state index in [2.05, 4.69) is 24.3 Å². The largest absolute Gasteiger partial charge is 0.469 e. The van der Waals surface area contributed by atoms with Crippen LogP contribution in [0.2, 0.25) is 0 Å². The number of rotatable bonds is 5. The van der Waals surface area contributed by atoms with Crippen molar-refractivity contribution in [3.63, 3.8) is 0 Å². The molecule has 0 saturated heterocycles. The molecular weight excluding hydrogens is 236 g/mol. The molecule has 19 heavy (non-hydrogen) atoms. The molecule has 0 bridgehead atoms. The molecule has 2 heteroatoms. The van der Waals surface area contributed by atoms with E-state index >= 15 is 0 Å². The molecule has 2 aromatic rings. The fourth-order valence-corrected chi connectivity index (χ4v) is 2.22. The van der Waals surface area contributed by atoms with Crippen molar-refractivity contribution in [1.29, 1.82) is 0 Å². The van der Waals surface area contributed by atoms with Gasteiger partial charge in [-0.3, -0.25) is 4.79 Å². The number of hydrogen-bond acceptors (Lipinski definition) is 2. The molecular formula is C17H18O2. The Hall–Kier alpha value is -2.09. The topological polar surface area (TPSA) is 26.3 Å². The zero-order valence-corrected chi connectivity index (χ0v) is 11.1. The van der Waals surface area contributed by atoms with Crippen LogP contribution in [-0.2, 0) is 16.0 Å². The third kappa shape index (κ3) is 3.95. The second-order valence-electron chi connectivity index (χ2n) is 4.58. The van der Waals surface area contributed by atoms with Gasteiger partial charge in [0.05, 0.1) is 13.5 Å². The summed E-state index contributed by atoms with van der Waals surface area (Å²) < 4.78 is 4.80. The second kappa shape index (κ2) is 6.74. The Bertz CT molecular complexity index is 505. The van der Waals surface area contributed by atoms with Gasteiger partial charge >= 0.3 is 5.97 Å². The van der Waals surface area contributed by atoms with Gasteiger partial charge in [-0.15, -0.1) is 0 Å². The molecule has 98 valence electrons. The molecule has 1 atom stereocenters. The Morgan fingerprint density at radius 2 is 1.58 bits per heavy atom. The van der Waals surface area contributed by atoms with Crippen molar-refractivity contribution in [2.24, 2.45) is 0 Å². The van der Waals surface area contributed by atoms with E-state index in [-0.39, 0.29) is 11.9 Å². The molecule has 0 aromatic heterocycles. The summed E-state index contributed by atoms with van der Waals surface area (Å²) in [7, 11) is 1.44. The molecule has 0 aliphatic rings. The minimum absolute atomic E-state index is 0.162. The molecule has 0 amide bonds. The van der Waals surface area contributed by atoms with Crippen LogP contribution in [0.4, 0.5) is 0 Å². The zero-order chi connectivity index (χ0) is 13.5. The van der Waals surface area contributed by atoms with E-state index in [0.29, 0.717) is 6.42 Å². The maximum Gasteiger partial charge on any atom is 0.306 e. The molecule has 0 aliphatic carbocycles. The number of methoxy groups -OCH3 is 1.